The third-order valence-electron chi connectivity index (χ3n) is 3.26. The zero-order valence-corrected chi connectivity index (χ0v) is 11.2. The van der Waals surface area contributed by atoms with Gasteiger partial charge in [0.15, 0.2) is 0 Å². The highest BCUT2D eigenvalue weighted by atomic mass is 16.3. The van der Waals surface area contributed by atoms with Gasteiger partial charge in [0.05, 0.1) is 11.7 Å². The third-order valence-corrected chi connectivity index (χ3v) is 3.26. The Balaban J connectivity index is 2.20. The summed E-state index contributed by atoms with van der Waals surface area (Å²) in [6.07, 6.45) is -0.708. The van der Waals surface area contributed by atoms with E-state index in [0.717, 1.165) is 5.39 Å². The highest BCUT2D eigenvalue weighted by Gasteiger charge is 2.15. The van der Waals surface area contributed by atoms with Gasteiger partial charge >= 0.3 is 0 Å². The number of carbonyl (C=O) groups is 1. The average molecular weight is 274 g/mol. The van der Waals surface area contributed by atoms with Crippen LogP contribution in [0.2, 0.25) is 0 Å². The second-order valence-electron chi connectivity index (χ2n) is 4.80. The summed E-state index contributed by atoms with van der Waals surface area (Å²) in [4.78, 5) is 12.0. The van der Waals surface area contributed by atoms with Gasteiger partial charge in [0.25, 0.3) is 5.91 Å². The lowest BCUT2D eigenvalue weighted by Crippen LogP contribution is -2.43. The Morgan fingerprint density at radius 1 is 1.30 bits per heavy atom. The summed E-state index contributed by atoms with van der Waals surface area (Å²) in [5, 5.41) is 23.5. The van der Waals surface area contributed by atoms with Gasteiger partial charge in [-0.15, -0.1) is 0 Å². The molecule has 0 radical (unpaired) electrons. The first-order valence-electron chi connectivity index (χ1n) is 6.43. The number of benzene rings is 2. The van der Waals surface area contributed by atoms with Gasteiger partial charge in [-0.2, -0.15) is 0 Å². The number of aromatic hydroxyl groups is 1. The smallest absolute Gasteiger partial charge is 0.255 e. The molecule has 0 aromatic heterocycles. The van der Waals surface area contributed by atoms with Crippen LogP contribution in [-0.4, -0.2) is 34.8 Å². The van der Waals surface area contributed by atoms with Gasteiger partial charge in [0.2, 0.25) is 0 Å². The zero-order valence-electron chi connectivity index (χ0n) is 11.2. The van der Waals surface area contributed by atoms with E-state index in [2.05, 4.69) is 5.32 Å². The molecule has 5 heteroatoms. The highest BCUT2D eigenvalue weighted by molar-refractivity contribution is 6.03. The summed E-state index contributed by atoms with van der Waals surface area (Å²) in [5.74, 6) is -0.462. The second kappa shape index (κ2) is 5.90. The van der Waals surface area contributed by atoms with Gasteiger partial charge in [-0.25, -0.2) is 0 Å². The Labute approximate surface area is 117 Å². The quantitative estimate of drug-likeness (QED) is 0.668. The van der Waals surface area contributed by atoms with Gasteiger partial charge in [0.1, 0.15) is 5.75 Å². The average Bonchev–Trinajstić information content (AvgIpc) is 2.45. The number of phenolic OH excluding ortho intramolecular Hbond substituents is 1. The van der Waals surface area contributed by atoms with E-state index >= 15 is 0 Å². The van der Waals surface area contributed by atoms with Crippen molar-refractivity contribution in [3.8, 4) is 5.75 Å². The summed E-state index contributed by atoms with van der Waals surface area (Å²) >= 11 is 0. The van der Waals surface area contributed by atoms with Gasteiger partial charge in [-0.3, -0.25) is 4.79 Å². The van der Waals surface area contributed by atoms with Gasteiger partial charge in [-0.05, 0) is 18.4 Å². The Hall–Kier alpha value is -2.11. The van der Waals surface area contributed by atoms with Crippen LogP contribution in [0, 0.1) is 0 Å². The predicted molar refractivity (Wildman–Crippen MR) is 77.6 cm³/mol. The molecule has 5 N–H and O–H groups in total. The fourth-order valence-electron chi connectivity index (χ4n) is 1.91. The number of nitrogens with one attached hydrogen (secondary N) is 1. The van der Waals surface area contributed by atoms with Crippen molar-refractivity contribution < 1.29 is 15.0 Å². The van der Waals surface area contributed by atoms with E-state index in [1.807, 2.05) is 12.1 Å². The van der Waals surface area contributed by atoms with Crippen LogP contribution in [0.1, 0.15) is 17.3 Å². The van der Waals surface area contributed by atoms with Crippen LogP contribution < -0.4 is 11.1 Å². The Morgan fingerprint density at radius 2 is 2.00 bits per heavy atom. The van der Waals surface area contributed by atoms with Crippen molar-refractivity contribution in [2.24, 2.45) is 5.73 Å². The molecular formula is C15H18N2O3. The van der Waals surface area contributed by atoms with Crippen LogP contribution in [0.3, 0.4) is 0 Å². The summed E-state index contributed by atoms with van der Waals surface area (Å²) in [6.45, 7) is 1.70. The second-order valence-corrected chi connectivity index (χ2v) is 4.80. The maximum Gasteiger partial charge on any atom is 0.255 e. The third kappa shape index (κ3) is 2.89. The molecule has 20 heavy (non-hydrogen) atoms. The lowest BCUT2D eigenvalue weighted by molar-refractivity contribution is 0.0935. The molecular weight excluding hydrogens is 256 g/mol. The largest absolute Gasteiger partial charge is 0.506 e. The number of hydrogen-bond acceptors (Lipinski definition) is 4. The van der Waals surface area contributed by atoms with E-state index in [-0.39, 0.29) is 17.9 Å². The Morgan fingerprint density at radius 3 is 2.70 bits per heavy atom. The zero-order chi connectivity index (χ0) is 14.7. The summed E-state index contributed by atoms with van der Waals surface area (Å²) in [6, 6.07) is 10.1. The summed E-state index contributed by atoms with van der Waals surface area (Å²) in [5.41, 5.74) is 5.84. The molecule has 2 unspecified atom stereocenters. The minimum absolute atomic E-state index is 0.0498. The number of rotatable bonds is 4. The fraction of sp³-hybridized carbons (Fsp3) is 0.267. The standard InChI is InChI=1S/C15H18N2O3/c1-9(18)13(16)8-17-15(20)12-7-6-10-4-2-3-5-11(10)14(12)19/h2-7,9,13,18-19H,8,16H2,1H3,(H,17,20). The summed E-state index contributed by atoms with van der Waals surface area (Å²) in [7, 11) is 0. The highest BCUT2D eigenvalue weighted by Crippen LogP contribution is 2.28. The minimum Gasteiger partial charge on any atom is -0.506 e. The van der Waals surface area contributed by atoms with Crippen molar-refractivity contribution in [1.82, 2.24) is 5.32 Å². The van der Waals surface area contributed by atoms with Crippen LogP contribution in [0.5, 0.6) is 5.75 Å². The van der Waals surface area contributed by atoms with Crippen LogP contribution >= 0.6 is 0 Å². The first-order valence-corrected chi connectivity index (χ1v) is 6.43. The first-order chi connectivity index (χ1) is 9.50. The monoisotopic (exact) mass is 274 g/mol. The van der Waals surface area contributed by atoms with Crippen molar-refractivity contribution in [2.45, 2.75) is 19.1 Å². The molecule has 2 aromatic rings. The van der Waals surface area contributed by atoms with Crippen LogP contribution in [0.15, 0.2) is 36.4 Å². The molecule has 5 nitrogen and oxygen atoms in total. The molecule has 2 rings (SSSR count). The van der Waals surface area contributed by atoms with Gasteiger partial charge in [-0.1, -0.05) is 30.3 Å². The molecule has 0 aliphatic rings. The minimum atomic E-state index is -0.708. The number of fused-ring (bicyclic) bond motifs is 1. The van der Waals surface area contributed by atoms with Crippen LogP contribution in [-0.2, 0) is 0 Å². The number of amides is 1. The lowest BCUT2D eigenvalue weighted by Gasteiger charge is -2.15. The normalized spacial score (nSPS) is 13.9. The molecule has 0 spiro atoms. The van der Waals surface area contributed by atoms with E-state index in [1.54, 1.807) is 31.2 Å². The number of phenols is 1. The van der Waals surface area contributed by atoms with E-state index in [4.69, 9.17) is 5.73 Å². The molecule has 0 aliphatic heterocycles. The van der Waals surface area contributed by atoms with Crippen LogP contribution in [0.25, 0.3) is 10.8 Å². The molecule has 2 aromatic carbocycles. The maximum absolute atomic E-state index is 12.0. The van der Waals surface area contributed by atoms with E-state index in [0.29, 0.717) is 5.39 Å². The Kier molecular flexibility index (Phi) is 4.22. The molecule has 0 saturated carbocycles. The molecule has 0 fully saturated rings. The topological polar surface area (TPSA) is 95.6 Å². The van der Waals surface area contributed by atoms with Crippen LogP contribution in [0.4, 0.5) is 0 Å². The number of aliphatic hydroxyl groups excluding tert-OH is 1. The SMILES string of the molecule is CC(O)C(N)CNC(=O)c1ccc2ccccc2c1O. The number of aliphatic hydroxyl groups is 1. The van der Waals surface area contributed by atoms with Gasteiger partial charge < -0.3 is 21.3 Å². The molecule has 0 bridgehead atoms. The van der Waals surface area contributed by atoms with Crippen molar-refractivity contribution in [3.05, 3.63) is 42.0 Å². The molecule has 0 heterocycles. The first kappa shape index (κ1) is 14.3. The Bertz CT molecular complexity index is 626. The lowest BCUT2D eigenvalue weighted by atomic mass is 10.0. The molecule has 106 valence electrons. The van der Waals surface area contributed by atoms with Gasteiger partial charge in [0, 0.05) is 18.0 Å². The van der Waals surface area contributed by atoms with E-state index < -0.39 is 18.1 Å². The van der Waals surface area contributed by atoms with E-state index in [1.165, 1.54) is 0 Å². The van der Waals surface area contributed by atoms with Crippen molar-refractivity contribution in [1.29, 1.82) is 0 Å². The number of carbonyl (C=O) groups excluding carboxylic acids is 1. The molecule has 2 atom stereocenters. The summed E-state index contributed by atoms with van der Waals surface area (Å²) < 4.78 is 0. The van der Waals surface area contributed by atoms with Crippen molar-refractivity contribution in [2.75, 3.05) is 6.54 Å². The predicted octanol–water partition coefficient (Wildman–Crippen LogP) is 0.983. The molecule has 1 amide bonds. The maximum atomic E-state index is 12.0. The number of hydrogen-bond donors (Lipinski definition) is 4. The van der Waals surface area contributed by atoms with Crippen molar-refractivity contribution in [3.63, 3.8) is 0 Å². The number of nitrogens with two attached hydrogens (primary N) is 1. The molecule has 0 saturated heterocycles. The fourth-order valence-corrected chi connectivity index (χ4v) is 1.91. The van der Waals surface area contributed by atoms with Crippen molar-refractivity contribution >= 4 is 16.7 Å². The molecule has 0 aliphatic carbocycles. The van der Waals surface area contributed by atoms with E-state index in [9.17, 15) is 15.0 Å².